The van der Waals surface area contributed by atoms with Crippen molar-refractivity contribution in [1.29, 1.82) is 0 Å². The first kappa shape index (κ1) is 28.7. The van der Waals surface area contributed by atoms with Crippen molar-refractivity contribution in [2.24, 2.45) is 0 Å². The molecule has 0 spiro atoms. The second-order valence-electron chi connectivity index (χ2n) is 11.3. The fourth-order valence-electron chi connectivity index (χ4n) is 6.38. The second-order valence-corrected chi connectivity index (χ2v) is 11.3. The van der Waals surface area contributed by atoms with Crippen LogP contribution in [0.4, 0.5) is 16.0 Å². The molecule has 3 aromatic carbocycles. The number of benzene rings is 3. The van der Waals surface area contributed by atoms with E-state index in [2.05, 4.69) is 20.9 Å². The number of halogens is 1. The molecular weight excluding hydrogens is 547 g/mol. The van der Waals surface area contributed by atoms with Crippen molar-refractivity contribution in [2.45, 2.75) is 44.9 Å². The van der Waals surface area contributed by atoms with Crippen molar-refractivity contribution in [1.82, 2.24) is 19.4 Å². The molecule has 6 rings (SSSR count). The van der Waals surface area contributed by atoms with Crippen molar-refractivity contribution < 1.29 is 19.1 Å². The van der Waals surface area contributed by atoms with Gasteiger partial charge in [0.15, 0.2) is 0 Å². The molecule has 2 aliphatic rings. The minimum Gasteiger partial charge on any atom is -0.481 e. The van der Waals surface area contributed by atoms with Crippen molar-refractivity contribution in [3.05, 3.63) is 89.7 Å². The zero-order valence-corrected chi connectivity index (χ0v) is 24.3. The zero-order chi connectivity index (χ0) is 29.9. The Kier molecular flexibility index (Phi) is 8.29. The van der Waals surface area contributed by atoms with Crippen LogP contribution in [0.15, 0.2) is 72.8 Å². The van der Waals surface area contributed by atoms with E-state index in [-0.39, 0.29) is 24.2 Å². The third kappa shape index (κ3) is 6.06. The molecule has 43 heavy (non-hydrogen) atoms. The summed E-state index contributed by atoms with van der Waals surface area (Å²) in [5.74, 6) is -0.474. The normalized spacial score (nSPS) is 17.8. The molecule has 0 radical (unpaired) electrons. The molecule has 224 valence electrons. The maximum atomic E-state index is 13.5. The number of nitrogens with one attached hydrogen (secondary N) is 1. The van der Waals surface area contributed by atoms with E-state index in [1.54, 1.807) is 17.0 Å². The predicted octanol–water partition coefficient (Wildman–Crippen LogP) is 4.88. The first-order chi connectivity index (χ1) is 20.9. The Balaban J connectivity index is 1.11. The van der Waals surface area contributed by atoms with Crippen LogP contribution in [-0.2, 0) is 11.3 Å². The summed E-state index contributed by atoms with van der Waals surface area (Å²) in [6.45, 7) is 6.05. The molecule has 1 aromatic heterocycles. The van der Waals surface area contributed by atoms with Gasteiger partial charge in [-0.15, -0.1) is 0 Å². The largest absolute Gasteiger partial charge is 0.481 e. The van der Waals surface area contributed by atoms with Crippen LogP contribution < -0.4 is 10.2 Å². The number of aromatic nitrogens is 2. The van der Waals surface area contributed by atoms with Crippen molar-refractivity contribution >= 4 is 34.5 Å². The van der Waals surface area contributed by atoms with Gasteiger partial charge in [-0.25, -0.2) is 9.37 Å². The van der Waals surface area contributed by atoms with Crippen LogP contribution >= 0.6 is 0 Å². The van der Waals surface area contributed by atoms with Gasteiger partial charge in [-0.3, -0.25) is 9.59 Å². The number of para-hydroxylation sites is 3. The van der Waals surface area contributed by atoms with Crippen LogP contribution in [0.2, 0.25) is 0 Å². The number of piperidine rings is 1. The van der Waals surface area contributed by atoms with Gasteiger partial charge >= 0.3 is 5.97 Å². The number of likely N-dealkylation sites (tertiary alicyclic amines) is 1. The van der Waals surface area contributed by atoms with Crippen LogP contribution in [-0.4, -0.2) is 81.3 Å². The van der Waals surface area contributed by atoms with E-state index >= 15 is 0 Å². The van der Waals surface area contributed by atoms with Gasteiger partial charge in [0.25, 0.3) is 5.91 Å². The number of carbonyl (C=O) groups excluding carboxylic acids is 1. The molecule has 9 nitrogen and oxygen atoms in total. The third-order valence-corrected chi connectivity index (χ3v) is 8.61. The molecule has 10 heteroatoms. The Morgan fingerprint density at radius 2 is 1.70 bits per heavy atom. The first-order valence-electron chi connectivity index (χ1n) is 15.0. The van der Waals surface area contributed by atoms with Gasteiger partial charge < -0.3 is 29.7 Å². The molecule has 4 aromatic rings. The van der Waals surface area contributed by atoms with Crippen LogP contribution in [0.25, 0.3) is 11.0 Å². The van der Waals surface area contributed by atoms with E-state index in [0.29, 0.717) is 31.7 Å². The standard InChI is InChI=1S/C33H37FN6O3/c1-2-38-28-9-5-3-7-26(28)32(43)39(30(38)21-31(41)42)20-19-37-17-15-25(16-18-37)35-33-36-27-8-4-6-10-29(27)40(33)22-23-11-13-24(34)14-12-23/h3-14,25,30H,2,15-22H2,1H3,(H,35,36)(H,41,42). The Morgan fingerprint density at radius 1 is 0.977 bits per heavy atom. The SMILES string of the molecule is CCN1c2ccccc2C(=O)N(CCN2CCC(Nc3nc4ccccc4n3Cc3ccc(F)cc3)CC2)C1CC(=O)O. The molecular formula is C33H37FN6O3. The van der Waals surface area contributed by atoms with E-state index in [0.717, 1.165) is 54.2 Å². The lowest BCUT2D eigenvalue weighted by Crippen LogP contribution is -2.57. The fraction of sp³-hybridized carbons (Fsp3) is 0.364. The summed E-state index contributed by atoms with van der Waals surface area (Å²) in [5, 5.41) is 13.3. The second kappa shape index (κ2) is 12.4. The lowest BCUT2D eigenvalue weighted by Gasteiger charge is -2.45. The topological polar surface area (TPSA) is 93.9 Å². The fourth-order valence-corrected chi connectivity index (χ4v) is 6.38. The minimum absolute atomic E-state index is 0.108. The highest BCUT2D eigenvalue weighted by molar-refractivity contribution is 6.02. The molecule has 0 bridgehead atoms. The van der Waals surface area contributed by atoms with Crippen LogP contribution in [0, 0.1) is 5.82 Å². The smallest absolute Gasteiger partial charge is 0.307 e. The number of rotatable bonds is 10. The molecule has 2 N–H and O–H groups in total. The van der Waals surface area contributed by atoms with Gasteiger partial charge in [0.1, 0.15) is 12.0 Å². The maximum Gasteiger partial charge on any atom is 0.307 e. The number of hydrogen-bond donors (Lipinski definition) is 2. The van der Waals surface area contributed by atoms with Gasteiger partial charge in [0, 0.05) is 38.8 Å². The molecule has 1 unspecified atom stereocenters. The van der Waals surface area contributed by atoms with Gasteiger partial charge in [-0.2, -0.15) is 0 Å². The number of imidazole rings is 1. The van der Waals surface area contributed by atoms with Crippen LogP contribution in [0.5, 0.6) is 0 Å². The number of anilines is 2. The Hall–Kier alpha value is -4.44. The molecule has 1 fully saturated rings. The molecule has 2 aliphatic heterocycles. The number of aliphatic carboxylic acids is 1. The summed E-state index contributed by atoms with van der Waals surface area (Å²) < 4.78 is 15.6. The summed E-state index contributed by atoms with van der Waals surface area (Å²) in [6, 6.07) is 22.3. The number of amides is 1. The molecule has 1 saturated heterocycles. The van der Waals surface area contributed by atoms with Gasteiger partial charge in [0.2, 0.25) is 5.95 Å². The molecule has 0 saturated carbocycles. The lowest BCUT2D eigenvalue weighted by atomic mass is 10.0. The highest BCUT2D eigenvalue weighted by Crippen LogP contribution is 2.32. The highest BCUT2D eigenvalue weighted by atomic mass is 19.1. The number of carbonyl (C=O) groups is 2. The number of fused-ring (bicyclic) bond motifs is 2. The van der Waals surface area contributed by atoms with Gasteiger partial charge in [0.05, 0.1) is 35.2 Å². The third-order valence-electron chi connectivity index (χ3n) is 8.61. The Bertz CT molecular complexity index is 1600. The number of carboxylic acids is 1. The summed E-state index contributed by atoms with van der Waals surface area (Å²) in [5.41, 5.74) is 4.36. The summed E-state index contributed by atoms with van der Waals surface area (Å²) in [7, 11) is 0. The average Bonchev–Trinajstić information content (AvgIpc) is 3.35. The lowest BCUT2D eigenvalue weighted by molar-refractivity contribution is -0.138. The van der Waals surface area contributed by atoms with Crippen LogP contribution in [0.1, 0.15) is 42.1 Å². The predicted molar refractivity (Wildman–Crippen MR) is 165 cm³/mol. The van der Waals surface area contributed by atoms with E-state index in [4.69, 9.17) is 4.98 Å². The quantitative estimate of drug-likeness (QED) is 0.274. The number of carboxylic acid groups (broad SMARTS) is 1. The van der Waals surface area contributed by atoms with Gasteiger partial charge in [-0.1, -0.05) is 36.4 Å². The summed E-state index contributed by atoms with van der Waals surface area (Å²) in [6.07, 6.45) is 1.18. The first-order valence-corrected chi connectivity index (χ1v) is 15.0. The monoisotopic (exact) mass is 584 g/mol. The van der Waals surface area contributed by atoms with E-state index in [9.17, 15) is 19.1 Å². The van der Waals surface area contributed by atoms with E-state index in [1.807, 2.05) is 54.3 Å². The molecule has 0 aliphatic carbocycles. The Labute approximate surface area is 250 Å². The molecule has 3 heterocycles. The number of nitrogens with zero attached hydrogens (tertiary/aromatic N) is 5. The zero-order valence-electron chi connectivity index (χ0n) is 24.3. The van der Waals surface area contributed by atoms with E-state index in [1.165, 1.54) is 12.1 Å². The van der Waals surface area contributed by atoms with Gasteiger partial charge in [-0.05, 0) is 61.7 Å². The van der Waals surface area contributed by atoms with E-state index < -0.39 is 12.1 Å². The Morgan fingerprint density at radius 3 is 2.44 bits per heavy atom. The van der Waals surface area contributed by atoms with Crippen molar-refractivity contribution in [3.8, 4) is 0 Å². The average molecular weight is 585 g/mol. The van der Waals surface area contributed by atoms with Crippen molar-refractivity contribution in [3.63, 3.8) is 0 Å². The highest BCUT2D eigenvalue weighted by Gasteiger charge is 2.38. The minimum atomic E-state index is -0.919. The molecule has 1 atom stereocenters. The maximum absolute atomic E-state index is 13.5. The van der Waals surface area contributed by atoms with Crippen LogP contribution in [0.3, 0.4) is 0 Å². The summed E-state index contributed by atoms with van der Waals surface area (Å²) in [4.78, 5) is 36.3. The summed E-state index contributed by atoms with van der Waals surface area (Å²) >= 11 is 0. The van der Waals surface area contributed by atoms with Crippen molar-refractivity contribution in [2.75, 3.05) is 42.9 Å². The number of hydrogen-bond acceptors (Lipinski definition) is 6. The molecule has 1 amide bonds.